The molecule has 0 bridgehead atoms. The molecule has 0 radical (unpaired) electrons. The van der Waals surface area contributed by atoms with E-state index in [-0.39, 0.29) is 17.2 Å². The van der Waals surface area contributed by atoms with Gasteiger partial charge in [-0.1, -0.05) is 48.5 Å². The van der Waals surface area contributed by atoms with Gasteiger partial charge >= 0.3 is 6.61 Å². The van der Waals surface area contributed by atoms with Crippen LogP contribution in [-0.2, 0) is 13.1 Å². The Hall–Kier alpha value is -3.52. The molecule has 1 N–H and O–H groups in total. The second kappa shape index (κ2) is 9.53. The Morgan fingerprint density at radius 1 is 1.10 bits per heavy atom. The van der Waals surface area contributed by atoms with Crippen molar-refractivity contribution in [1.29, 1.82) is 0 Å². The number of carbonyl (C=O) groups excluding carboxylic acids is 1. The maximum absolute atomic E-state index is 12.5. The lowest BCUT2D eigenvalue weighted by atomic mass is 9.98. The molecule has 0 atom stereocenters. The number of benzene rings is 2. The van der Waals surface area contributed by atoms with Gasteiger partial charge in [-0.25, -0.2) is 0 Å². The van der Waals surface area contributed by atoms with Crippen molar-refractivity contribution < 1.29 is 18.3 Å². The highest BCUT2D eigenvalue weighted by molar-refractivity contribution is 7.12. The van der Waals surface area contributed by atoms with Crippen LogP contribution in [0.25, 0.3) is 11.1 Å². The Kier molecular flexibility index (Phi) is 6.37. The van der Waals surface area contributed by atoms with E-state index >= 15 is 0 Å². The van der Waals surface area contributed by atoms with Crippen LogP contribution in [0.2, 0.25) is 0 Å². The lowest BCUT2D eigenvalue weighted by Gasteiger charge is -2.12. The summed E-state index contributed by atoms with van der Waals surface area (Å²) < 4.78 is 31.3. The van der Waals surface area contributed by atoms with Gasteiger partial charge in [-0.15, -0.1) is 11.3 Å². The minimum atomic E-state index is -2.97. The lowest BCUT2D eigenvalue weighted by molar-refractivity contribution is -0.0498. The molecule has 2 aromatic carbocycles. The highest BCUT2D eigenvalue weighted by Gasteiger charge is 2.17. The topological polar surface area (TPSA) is 56.2 Å². The summed E-state index contributed by atoms with van der Waals surface area (Å²) in [5.41, 5.74) is 4.06. The fourth-order valence-corrected chi connectivity index (χ4v) is 3.97. The van der Waals surface area contributed by atoms with Crippen LogP contribution in [0, 0.1) is 0 Å². The van der Waals surface area contributed by atoms with Crippen molar-refractivity contribution in [3.05, 3.63) is 94.4 Å². The van der Waals surface area contributed by atoms with Gasteiger partial charge in [0, 0.05) is 18.9 Å². The zero-order valence-corrected chi connectivity index (χ0v) is 17.2. The predicted octanol–water partition coefficient (Wildman–Crippen LogP) is 5.19. The summed E-state index contributed by atoms with van der Waals surface area (Å²) in [6, 6.07) is 19.2. The van der Waals surface area contributed by atoms with Crippen LogP contribution in [0.5, 0.6) is 5.75 Å². The standard InChI is InChI=1S/C23H19F2N3O2S/c24-23(25)30-20-10-13-31-21(20)22(29)26-14-18-4-1-2-5-19(18)17-8-6-16(7-9-17)15-28-12-3-11-27-28/h1-13,23H,14-15H2,(H,26,29). The number of hydrogen-bond acceptors (Lipinski definition) is 4. The van der Waals surface area contributed by atoms with Crippen molar-refractivity contribution in [2.45, 2.75) is 19.7 Å². The van der Waals surface area contributed by atoms with Crippen LogP contribution in [-0.4, -0.2) is 22.3 Å². The summed E-state index contributed by atoms with van der Waals surface area (Å²) in [5.74, 6) is -0.562. The largest absolute Gasteiger partial charge is 0.433 e. The summed E-state index contributed by atoms with van der Waals surface area (Å²) in [6.45, 7) is -2.02. The summed E-state index contributed by atoms with van der Waals surface area (Å²) >= 11 is 1.06. The third kappa shape index (κ3) is 5.16. The van der Waals surface area contributed by atoms with Crippen molar-refractivity contribution >= 4 is 17.2 Å². The summed E-state index contributed by atoms with van der Waals surface area (Å²) in [5, 5.41) is 8.57. The molecule has 4 rings (SSSR count). The van der Waals surface area contributed by atoms with E-state index in [0.717, 1.165) is 33.6 Å². The number of amides is 1. The Bertz CT molecular complexity index is 1140. The van der Waals surface area contributed by atoms with Crippen molar-refractivity contribution in [3.8, 4) is 16.9 Å². The molecule has 0 saturated carbocycles. The molecule has 5 nitrogen and oxygen atoms in total. The van der Waals surface area contributed by atoms with Crippen LogP contribution < -0.4 is 10.1 Å². The maximum Gasteiger partial charge on any atom is 0.387 e. The smallest absolute Gasteiger partial charge is 0.387 e. The van der Waals surface area contributed by atoms with E-state index in [1.807, 2.05) is 65.5 Å². The van der Waals surface area contributed by atoms with Crippen molar-refractivity contribution in [3.63, 3.8) is 0 Å². The summed E-state index contributed by atoms with van der Waals surface area (Å²) in [6.07, 6.45) is 3.66. The number of carbonyl (C=O) groups is 1. The van der Waals surface area contributed by atoms with Gasteiger partial charge < -0.3 is 10.1 Å². The average molecular weight is 439 g/mol. The molecule has 0 saturated heterocycles. The van der Waals surface area contributed by atoms with E-state index in [1.165, 1.54) is 6.07 Å². The van der Waals surface area contributed by atoms with Crippen LogP contribution in [0.3, 0.4) is 0 Å². The number of nitrogens with zero attached hydrogens (tertiary/aromatic N) is 2. The minimum absolute atomic E-state index is 0.112. The molecule has 31 heavy (non-hydrogen) atoms. The number of rotatable bonds is 8. The fraction of sp³-hybridized carbons (Fsp3) is 0.130. The van der Waals surface area contributed by atoms with Gasteiger partial charge in [0.15, 0.2) is 0 Å². The first kappa shape index (κ1) is 20.7. The van der Waals surface area contributed by atoms with Gasteiger partial charge in [-0.3, -0.25) is 9.48 Å². The zero-order chi connectivity index (χ0) is 21.6. The molecule has 158 valence electrons. The molecular formula is C23H19F2N3O2S. The minimum Gasteiger partial charge on any atom is -0.433 e. The molecule has 4 aromatic rings. The molecule has 0 aliphatic carbocycles. The number of ether oxygens (including phenoxy) is 1. The monoisotopic (exact) mass is 439 g/mol. The number of aromatic nitrogens is 2. The maximum atomic E-state index is 12.5. The second-order valence-corrected chi connectivity index (χ2v) is 7.65. The first-order chi connectivity index (χ1) is 15.1. The Morgan fingerprint density at radius 3 is 2.65 bits per heavy atom. The van der Waals surface area contributed by atoms with Crippen molar-refractivity contribution in [1.82, 2.24) is 15.1 Å². The van der Waals surface area contributed by atoms with Gasteiger partial charge in [-0.2, -0.15) is 13.9 Å². The van der Waals surface area contributed by atoms with Gasteiger partial charge in [0.1, 0.15) is 10.6 Å². The SMILES string of the molecule is O=C(NCc1ccccc1-c1ccc(Cn2cccn2)cc1)c1sccc1OC(F)F. The summed E-state index contributed by atoms with van der Waals surface area (Å²) in [7, 11) is 0. The van der Waals surface area contributed by atoms with Gasteiger partial charge in [0.25, 0.3) is 5.91 Å². The molecule has 0 aliphatic rings. The van der Waals surface area contributed by atoms with Crippen LogP contribution in [0.4, 0.5) is 8.78 Å². The highest BCUT2D eigenvalue weighted by Crippen LogP contribution is 2.27. The van der Waals surface area contributed by atoms with Gasteiger partial charge in [0.2, 0.25) is 0 Å². The number of nitrogens with one attached hydrogen (secondary N) is 1. The molecule has 0 spiro atoms. The first-order valence-corrected chi connectivity index (χ1v) is 10.4. The first-order valence-electron chi connectivity index (χ1n) is 9.55. The Balaban J connectivity index is 1.46. The van der Waals surface area contributed by atoms with E-state index < -0.39 is 12.5 Å². The van der Waals surface area contributed by atoms with Gasteiger partial charge in [-0.05, 0) is 39.8 Å². The van der Waals surface area contributed by atoms with E-state index in [9.17, 15) is 13.6 Å². The van der Waals surface area contributed by atoms with E-state index in [2.05, 4.69) is 15.2 Å². The number of alkyl halides is 2. The molecule has 0 unspecified atom stereocenters. The third-order valence-corrected chi connectivity index (χ3v) is 5.57. The fourth-order valence-electron chi connectivity index (χ4n) is 3.23. The van der Waals surface area contributed by atoms with E-state index in [0.29, 0.717) is 6.54 Å². The van der Waals surface area contributed by atoms with Crippen LogP contribution in [0.1, 0.15) is 20.8 Å². The molecule has 0 fully saturated rings. The quantitative estimate of drug-likeness (QED) is 0.411. The average Bonchev–Trinajstić information content (AvgIpc) is 3.45. The highest BCUT2D eigenvalue weighted by atomic mass is 32.1. The zero-order valence-electron chi connectivity index (χ0n) is 16.4. The molecular weight excluding hydrogens is 420 g/mol. The predicted molar refractivity (Wildman–Crippen MR) is 115 cm³/mol. The molecule has 2 aromatic heterocycles. The van der Waals surface area contributed by atoms with Gasteiger partial charge in [0.05, 0.1) is 6.54 Å². The van der Waals surface area contributed by atoms with Crippen molar-refractivity contribution in [2.75, 3.05) is 0 Å². The lowest BCUT2D eigenvalue weighted by Crippen LogP contribution is -2.23. The number of hydrogen-bond donors (Lipinski definition) is 1. The third-order valence-electron chi connectivity index (χ3n) is 4.68. The van der Waals surface area contributed by atoms with E-state index in [4.69, 9.17) is 0 Å². The van der Waals surface area contributed by atoms with Crippen molar-refractivity contribution in [2.24, 2.45) is 0 Å². The van der Waals surface area contributed by atoms with Crippen LogP contribution >= 0.6 is 11.3 Å². The summed E-state index contributed by atoms with van der Waals surface area (Å²) in [4.78, 5) is 12.6. The molecule has 8 heteroatoms. The Morgan fingerprint density at radius 2 is 1.90 bits per heavy atom. The number of thiophene rings is 1. The molecule has 1 amide bonds. The molecule has 2 heterocycles. The normalized spacial score (nSPS) is 10.9. The Labute approximate surface area is 181 Å². The van der Waals surface area contributed by atoms with Crippen LogP contribution in [0.15, 0.2) is 78.4 Å². The molecule has 0 aliphatic heterocycles. The van der Waals surface area contributed by atoms with E-state index in [1.54, 1.807) is 11.6 Å². The second-order valence-electron chi connectivity index (χ2n) is 6.73. The number of halogens is 2.